The molecule has 2 aromatic carbocycles. The number of hydrogen-bond donors (Lipinski definition) is 2. The summed E-state index contributed by atoms with van der Waals surface area (Å²) in [4.78, 5) is 38.9. The van der Waals surface area contributed by atoms with Crippen molar-refractivity contribution in [2.24, 2.45) is 0 Å². The smallest absolute Gasteiger partial charge is 0.240 e. The van der Waals surface area contributed by atoms with Gasteiger partial charge in [0.2, 0.25) is 17.7 Å². The molecule has 0 saturated heterocycles. The van der Waals surface area contributed by atoms with E-state index in [2.05, 4.69) is 10.6 Å². The molecule has 0 aliphatic heterocycles. The second kappa shape index (κ2) is 11.0. The average molecular weight is 458 g/mol. The molecule has 172 valence electrons. The number of aryl methyl sites for hydroxylation is 2. The molecule has 0 spiro atoms. The highest BCUT2D eigenvalue weighted by Crippen LogP contribution is 2.16. The van der Waals surface area contributed by atoms with E-state index >= 15 is 0 Å². The molecular weight excluding hydrogens is 426 g/mol. The Labute approximate surface area is 192 Å². The molecule has 2 rings (SSSR count). The van der Waals surface area contributed by atoms with Crippen LogP contribution < -0.4 is 15.5 Å². The van der Waals surface area contributed by atoms with E-state index in [0.29, 0.717) is 11.4 Å². The minimum atomic E-state index is -1.73. The molecule has 0 aliphatic rings. The van der Waals surface area contributed by atoms with Crippen molar-refractivity contribution in [3.8, 4) is 0 Å². The van der Waals surface area contributed by atoms with Gasteiger partial charge in [0.25, 0.3) is 0 Å². The molecule has 2 aromatic rings. The van der Waals surface area contributed by atoms with Crippen molar-refractivity contribution in [1.29, 1.82) is 0 Å². The molecule has 0 saturated carbocycles. The maximum Gasteiger partial charge on any atom is 0.240 e. The number of nitrogens with one attached hydrogen (secondary N) is 2. The van der Waals surface area contributed by atoms with Crippen molar-refractivity contribution < 1.29 is 18.6 Å². The summed E-state index contributed by atoms with van der Waals surface area (Å²) >= 11 is 0. The summed E-state index contributed by atoms with van der Waals surface area (Å²) in [7, 11) is -1.73. The molecule has 1 unspecified atom stereocenters. The lowest BCUT2D eigenvalue weighted by Gasteiger charge is -2.26. The molecule has 32 heavy (non-hydrogen) atoms. The maximum absolute atomic E-state index is 12.9. The largest absolute Gasteiger partial charge is 0.350 e. The Morgan fingerprint density at radius 2 is 1.38 bits per heavy atom. The Kier molecular flexibility index (Phi) is 8.72. The summed E-state index contributed by atoms with van der Waals surface area (Å²) in [6, 6.07) is 14.4. The summed E-state index contributed by atoms with van der Waals surface area (Å²) in [5.74, 6) is -1.92. The fourth-order valence-electron chi connectivity index (χ4n) is 2.90. The Bertz CT molecular complexity index is 980. The monoisotopic (exact) mass is 457 g/mol. The van der Waals surface area contributed by atoms with Gasteiger partial charge in [-0.15, -0.1) is 0 Å². The molecule has 0 aromatic heterocycles. The molecule has 0 aliphatic carbocycles. The normalized spacial score (nSPS) is 12.0. The van der Waals surface area contributed by atoms with E-state index in [0.717, 1.165) is 11.1 Å². The van der Waals surface area contributed by atoms with Gasteiger partial charge in [0.15, 0.2) is 0 Å². The minimum Gasteiger partial charge on any atom is -0.350 e. The van der Waals surface area contributed by atoms with Crippen LogP contribution in [-0.4, -0.2) is 45.5 Å². The number of anilines is 2. The number of rotatable bonds is 8. The van der Waals surface area contributed by atoms with Crippen molar-refractivity contribution in [2.75, 3.05) is 28.3 Å². The van der Waals surface area contributed by atoms with Crippen molar-refractivity contribution in [2.45, 2.75) is 40.2 Å². The number of amides is 3. The van der Waals surface area contributed by atoms with E-state index in [9.17, 15) is 18.6 Å². The first-order valence-corrected chi connectivity index (χ1v) is 11.8. The lowest BCUT2D eigenvalue weighted by Crippen LogP contribution is -2.48. The lowest BCUT2D eigenvalue weighted by molar-refractivity contribution is -0.124. The highest BCUT2D eigenvalue weighted by Gasteiger charge is 2.24. The number of hydrogen-bond acceptors (Lipinski definition) is 4. The first-order chi connectivity index (χ1) is 14.9. The zero-order valence-electron chi connectivity index (χ0n) is 19.2. The van der Waals surface area contributed by atoms with Crippen LogP contribution in [0, 0.1) is 13.8 Å². The van der Waals surface area contributed by atoms with Crippen molar-refractivity contribution in [3.63, 3.8) is 0 Å². The quantitative estimate of drug-likeness (QED) is 0.637. The molecule has 1 atom stereocenters. The minimum absolute atomic E-state index is 0.202. The molecule has 2 N–H and O–H groups in total. The van der Waals surface area contributed by atoms with Crippen molar-refractivity contribution in [3.05, 3.63) is 59.7 Å². The van der Waals surface area contributed by atoms with Crippen LogP contribution in [0.4, 0.5) is 11.4 Å². The van der Waals surface area contributed by atoms with Gasteiger partial charge in [-0.05, 0) is 58.9 Å². The number of benzene rings is 2. The van der Waals surface area contributed by atoms with E-state index < -0.39 is 28.2 Å². The van der Waals surface area contributed by atoms with Gasteiger partial charge in [0, 0.05) is 27.7 Å². The standard InChI is InChI=1S/C24H31N3O4S/c1-17-6-10-19(11-7-17)25-22(29)15-32(31)16-23(30)27(14-21(28)26-24(3,4)5)20-12-8-18(2)9-13-20/h6-13H,14-16H2,1-5H3,(H,25,29)(H,26,28). The topological polar surface area (TPSA) is 95.6 Å². The molecule has 0 heterocycles. The van der Waals surface area contributed by atoms with E-state index in [4.69, 9.17) is 0 Å². The van der Waals surface area contributed by atoms with Crippen LogP contribution in [0.5, 0.6) is 0 Å². The fourth-order valence-corrected chi connectivity index (χ4v) is 3.79. The third-order valence-electron chi connectivity index (χ3n) is 4.37. The fraction of sp³-hybridized carbons (Fsp3) is 0.375. The Morgan fingerprint density at radius 1 is 0.844 bits per heavy atom. The van der Waals surface area contributed by atoms with E-state index in [1.54, 1.807) is 24.3 Å². The number of carbonyl (C=O) groups excluding carboxylic acids is 3. The Hall–Kier alpha value is -3.00. The third kappa shape index (κ3) is 8.63. The van der Waals surface area contributed by atoms with E-state index in [-0.39, 0.29) is 24.0 Å². The van der Waals surface area contributed by atoms with Crippen LogP contribution in [0.25, 0.3) is 0 Å². The molecule has 0 bridgehead atoms. The Balaban J connectivity index is 2.04. The highest BCUT2D eigenvalue weighted by molar-refractivity contribution is 7.86. The van der Waals surface area contributed by atoms with Gasteiger partial charge in [-0.2, -0.15) is 0 Å². The third-order valence-corrected chi connectivity index (χ3v) is 5.53. The van der Waals surface area contributed by atoms with Gasteiger partial charge in [0.05, 0.1) is 0 Å². The second-order valence-electron chi connectivity index (χ2n) is 8.76. The summed E-state index contributed by atoms with van der Waals surface area (Å²) in [5.41, 5.74) is 2.76. The molecule has 0 fully saturated rings. The van der Waals surface area contributed by atoms with Gasteiger partial charge in [-0.25, -0.2) is 0 Å². The summed E-state index contributed by atoms with van der Waals surface area (Å²) in [6.07, 6.45) is 0. The predicted octanol–water partition coefficient (Wildman–Crippen LogP) is 2.94. The SMILES string of the molecule is Cc1ccc(NC(=O)CS(=O)CC(=O)N(CC(=O)NC(C)(C)C)c2ccc(C)cc2)cc1. The van der Waals surface area contributed by atoms with Crippen molar-refractivity contribution >= 4 is 39.9 Å². The van der Waals surface area contributed by atoms with Crippen LogP contribution >= 0.6 is 0 Å². The van der Waals surface area contributed by atoms with Crippen LogP contribution in [-0.2, 0) is 25.2 Å². The lowest BCUT2D eigenvalue weighted by atomic mass is 10.1. The average Bonchev–Trinajstić information content (AvgIpc) is 2.67. The van der Waals surface area contributed by atoms with Crippen LogP contribution in [0.3, 0.4) is 0 Å². The first-order valence-electron chi connectivity index (χ1n) is 10.3. The molecule has 7 nitrogen and oxygen atoms in total. The number of nitrogens with zero attached hydrogens (tertiary/aromatic N) is 1. The zero-order valence-corrected chi connectivity index (χ0v) is 20.0. The summed E-state index contributed by atoms with van der Waals surface area (Å²) < 4.78 is 12.5. The van der Waals surface area contributed by atoms with Gasteiger partial charge in [0.1, 0.15) is 18.1 Å². The summed E-state index contributed by atoms with van der Waals surface area (Å²) in [5, 5.41) is 5.51. The number of carbonyl (C=O) groups is 3. The van der Waals surface area contributed by atoms with E-state index in [1.807, 2.05) is 58.9 Å². The highest BCUT2D eigenvalue weighted by atomic mass is 32.2. The first kappa shape index (κ1) is 25.3. The van der Waals surface area contributed by atoms with Crippen LogP contribution in [0.2, 0.25) is 0 Å². The molecule has 8 heteroatoms. The van der Waals surface area contributed by atoms with Crippen LogP contribution in [0.1, 0.15) is 31.9 Å². The zero-order chi connectivity index (χ0) is 23.9. The van der Waals surface area contributed by atoms with Gasteiger partial charge < -0.3 is 15.5 Å². The van der Waals surface area contributed by atoms with Gasteiger partial charge in [-0.1, -0.05) is 35.4 Å². The summed E-state index contributed by atoms with van der Waals surface area (Å²) in [6.45, 7) is 9.21. The van der Waals surface area contributed by atoms with Gasteiger partial charge in [-0.3, -0.25) is 18.6 Å². The molecule has 0 radical (unpaired) electrons. The van der Waals surface area contributed by atoms with Gasteiger partial charge >= 0.3 is 0 Å². The van der Waals surface area contributed by atoms with Crippen LogP contribution in [0.15, 0.2) is 48.5 Å². The maximum atomic E-state index is 12.9. The van der Waals surface area contributed by atoms with Crippen molar-refractivity contribution in [1.82, 2.24) is 5.32 Å². The Morgan fingerprint density at radius 3 is 1.91 bits per heavy atom. The molecule has 3 amide bonds. The van der Waals surface area contributed by atoms with E-state index in [1.165, 1.54) is 4.90 Å². The second-order valence-corrected chi connectivity index (χ2v) is 10.2. The molecular formula is C24H31N3O4S. The predicted molar refractivity (Wildman–Crippen MR) is 129 cm³/mol.